The summed E-state index contributed by atoms with van der Waals surface area (Å²) in [6.07, 6.45) is 0.747. The van der Waals surface area contributed by atoms with Crippen molar-refractivity contribution < 1.29 is 4.79 Å². The maximum atomic E-state index is 13.7. The van der Waals surface area contributed by atoms with Gasteiger partial charge in [-0.15, -0.1) is 0 Å². The summed E-state index contributed by atoms with van der Waals surface area (Å²) in [4.78, 5) is 24.1. The van der Waals surface area contributed by atoms with E-state index in [2.05, 4.69) is 22.3 Å². The third-order valence-electron chi connectivity index (χ3n) is 5.62. The Morgan fingerprint density at radius 2 is 1.91 bits per heavy atom. The molecule has 5 rings (SSSR count). The smallest absolute Gasteiger partial charge is 0.269 e. The molecule has 1 N–H and O–H groups in total. The number of thioether (sulfide) groups is 2. The van der Waals surface area contributed by atoms with Gasteiger partial charge in [-0.25, -0.2) is 4.99 Å². The molecule has 0 radical (unpaired) electrons. The van der Waals surface area contributed by atoms with Crippen molar-refractivity contribution in [2.24, 2.45) is 4.99 Å². The molecular weight excluding hydrogens is 474 g/mol. The summed E-state index contributed by atoms with van der Waals surface area (Å²) in [7, 11) is 1.97. The SMILES string of the molecule is Cc1n[nH]c(C)c1N=C1SC(=C2Sc3ccc(Cl)cc3N2C)C(=O)N1CCc1ccccc1. The lowest BCUT2D eigenvalue weighted by molar-refractivity contribution is -0.122. The van der Waals surface area contributed by atoms with Gasteiger partial charge in [0.1, 0.15) is 10.6 Å². The van der Waals surface area contributed by atoms with Crippen LogP contribution in [-0.2, 0) is 11.2 Å². The summed E-state index contributed by atoms with van der Waals surface area (Å²) < 4.78 is 0. The molecule has 6 nitrogen and oxygen atoms in total. The minimum Gasteiger partial charge on any atom is -0.337 e. The normalized spacial score (nSPS) is 19.2. The number of carbonyl (C=O) groups is 1. The molecule has 3 heterocycles. The highest BCUT2D eigenvalue weighted by atomic mass is 35.5. The Kier molecular flexibility index (Phi) is 5.99. The first-order valence-corrected chi connectivity index (χ1v) is 12.5. The zero-order valence-electron chi connectivity index (χ0n) is 18.4. The van der Waals surface area contributed by atoms with Gasteiger partial charge in [-0.1, -0.05) is 53.7 Å². The fraction of sp³-hybridized carbons (Fsp3) is 0.208. The van der Waals surface area contributed by atoms with Gasteiger partial charge < -0.3 is 4.90 Å². The number of aliphatic imine (C=N–C) groups is 1. The second kappa shape index (κ2) is 8.93. The van der Waals surface area contributed by atoms with Gasteiger partial charge in [-0.05, 0) is 55.8 Å². The van der Waals surface area contributed by atoms with Crippen LogP contribution in [-0.4, -0.2) is 39.8 Å². The molecule has 2 aliphatic rings. The third-order valence-corrected chi connectivity index (χ3v) is 8.28. The van der Waals surface area contributed by atoms with Gasteiger partial charge in [0.25, 0.3) is 5.91 Å². The molecule has 0 bridgehead atoms. The Morgan fingerprint density at radius 3 is 2.64 bits per heavy atom. The summed E-state index contributed by atoms with van der Waals surface area (Å²) in [6, 6.07) is 16.0. The first-order chi connectivity index (χ1) is 15.9. The quantitative estimate of drug-likeness (QED) is 0.457. The van der Waals surface area contributed by atoms with Crippen LogP contribution in [0.3, 0.4) is 0 Å². The number of anilines is 1. The molecule has 33 heavy (non-hydrogen) atoms. The standard InChI is InChI=1S/C24H22ClN5OS2/c1-14-20(15(2)28-27-14)26-24-30(12-11-16-7-5-4-6-8-16)22(31)21(33-24)23-29(3)18-13-17(25)9-10-19(18)32-23/h4-10,13H,11-12H2,1-3H3,(H,27,28). The second-order valence-corrected chi connectivity index (χ2v) is 10.3. The van der Waals surface area contributed by atoms with Gasteiger partial charge in [0.15, 0.2) is 5.17 Å². The van der Waals surface area contributed by atoms with Crippen LogP contribution in [0.15, 0.2) is 68.4 Å². The highest BCUT2D eigenvalue weighted by molar-refractivity contribution is 8.19. The third kappa shape index (κ3) is 4.18. The number of benzene rings is 2. The summed E-state index contributed by atoms with van der Waals surface area (Å²) >= 11 is 9.23. The van der Waals surface area contributed by atoms with Gasteiger partial charge in [0.05, 0.1) is 22.1 Å². The van der Waals surface area contributed by atoms with Gasteiger partial charge in [0, 0.05) is 23.5 Å². The Morgan fingerprint density at radius 1 is 1.12 bits per heavy atom. The van der Waals surface area contributed by atoms with E-state index in [1.165, 1.54) is 17.3 Å². The number of aromatic amines is 1. The van der Waals surface area contributed by atoms with Crippen molar-refractivity contribution in [2.45, 2.75) is 25.2 Å². The van der Waals surface area contributed by atoms with E-state index in [1.54, 1.807) is 16.7 Å². The molecule has 0 aliphatic carbocycles. The summed E-state index contributed by atoms with van der Waals surface area (Å²) in [5.74, 6) is -0.0262. The lowest BCUT2D eigenvalue weighted by atomic mass is 10.1. The van der Waals surface area contributed by atoms with Crippen molar-refractivity contribution in [3.63, 3.8) is 0 Å². The van der Waals surface area contributed by atoms with E-state index >= 15 is 0 Å². The number of H-pyrrole nitrogens is 1. The molecule has 1 saturated heterocycles. The Labute approximate surface area is 206 Å². The Balaban J connectivity index is 1.52. The highest BCUT2D eigenvalue weighted by Gasteiger charge is 2.39. The lowest BCUT2D eigenvalue weighted by Gasteiger charge is -2.17. The van der Waals surface area contributed by atoms with Crippen molar-refractivity contribution in [3.05, 3.63) is 80.4 Å². The Bertz CT molecular complexity index is 1280. The number of hydrogen-bond donors (Lipinski definition) is 1. The van der Waals surface area contributed by atoms with Crippen LogP contribution >= 0.6 is 35.1 Å². The van der Waals surface area contributed by atoms with E-state index in [1.807, 2.05) is 62.2 Å². The first-order valence-electron chi connectivity index (χ1n) is 10.5. The highest BCUT2D eigenvalue weighted by Crippen LogP contribution is 2.50. The van der Waals surface area contributed by atoms with Crippen molar-refractivity contribution in [1.29, 1.82) is 0 Å². The van der Waals surface area contributed by atoms with E-state index < -0.39 is 0 Å². The monoisotopic (exact) mass is 495 g/mol. The number of nitrogens with zero attached hydrogens (tertiary/aromatic N) is 4. The van der Waals surface area contributed by atoms with Gasteiger partial charge in [-0.3, -0.25) is 14.8 Å². The number of carbonyl (C=O) groups excluding carboxylic acids is 1. The molecular formula is C24H22ClN5OS2. The predicted octanol–water partition coefficient (Wildman–Crippen LogP) is 5.90. The molecule has 168 valence electrons. The maximum absolute atomic E-state index is 13.7. The molecule has 9 heteroatoms. The fourth-order valence-electron chi connectivity index (χ4n) is 3.83. The van der Waals surface area contributed by atoms with Gasteiger partial charge in [-0.2, -0.15) is 5.10 Å². The zero-order chi connectivity index (χ0) is 23.1. The number of rotatable bonds is 4. The molecule has 3 aromatic rings. The molecule has 0 unspecified atom stereocenters. The molecule has 2 aliphatic heterocycles. The zero-order valence-corrected chi connectivity index (χ0v) is 20.8. The van der Waals surface area contributed by atoms with E-state index in [4.69, 9.17) is 16.6 Å². The molecule has 0 atom stereocenters. The second-order valence-electron chi connectivity index (χ2n) is 7.88. The number of aryl methyl sites for hydroxylation is 2. The first kappa shape index (κ1) is 22.1. The average Bonchev–Trinajstić information content (AvgIpc) is 3.42. The summed E-state index contributed by atoms with van der Waals surface area (Å²) in [5, 5.41) is 9.49. The van der Waals surface area contributed by atoms with Crippen molar-refractivity contribution in [3.8, 4) is 0 Å². The number of amides is 1. The van der Waals surface area contributed by atoms with Crippen LogP contribution in [0.2, 0.25) is 5.02 Å². The Hall–Kier alpha value is -2.68. The van der Waals surface area contributed by atoms with Crippen molar-refractivity contribution in [1.82, 2.24) is 15.1 Å². The molecule has 1 aromatic heterocycles. The number of halogens is 1. The van der Waals surface area contributed by atoms with Crippen LogP contribution in [0, 0.1) is 13.8 Å². The number of fused-ring (bicyclic) bond motifs is 1. The number of amidine groups is 1. The minimum absolute atomic E-state index is 0.0262. The van der Waals surface area contributed by atoms with Crippen molar-refractivity contribution in [2.75, 3.05) is 18.5 Å². The minimum atomic E-state index is -0.0262. The molecule has 1 fully saturated rings. The van der Waals surface area contributed by atoms with E-state index in [0.29, 0.717) is 21.6 Å². The predicted molar refractivity (Wildman–Crippen MR) is 137 cm³/mol. The van der Waals surface area contributed by atoms with E-state index in [0.717, 1.165) is 39.1 Å². The topological polar surface area (TPSA) is 64.6 Å². The van der Waals surface area contributed by atoms with Crippen LogP contribution in [0.25, 0.3) is 0 Å². The van der Waals surface area contributed by atoms with E-state index in [-0.39, 0.29) is 5.91 Å². The largest absolute Gasteiger partial charge is 0.337 e. The molecule has 0 saturated carbocycles. The maximum Gasteiger partial charge on any atom is 0.269 e. The van der Waals surface area contributed by atoms with Crippen LogP contribution < -0.4 is 4.90 Å². The summed E-state index contributed by atoms with van der Waals surface area (Å²) in [6.45, 7) is 4.41. The molecule has 2 aromatic carbocycles. The number of hydrogen-bond acceptors (Lipinski definition) is 6. The van der Waals surface area contributed by atoms with Crippen LogP contribution in [0.4, 0.5) is 11.4 Å². The van der Waals surface area contributed by atoms with Crippen LogP contribution in [0.5, 0.6) is 0 Å². The number of nitrogens with one attached hydrogen (secondary N) is 1. The van der Waals surface area contributed by atoms with Gasteiger partial charge in [0.2, 0.25) is 0 Å². The number of aromatic nitrogens is 2. The average molecular weight is 496 g/mol. The van der Waals surface area contributed by atoms with E-state index in [9.17, 15) is 4.79 Å². The van der Waals surface area contributed by atoms with Gasteiger partial charge >= 0.3 is 0 Å². The van der Waals surface area contributed by atoms with Crippen molar-refractivity contribution >= 4 is 57.6 Å². The molecule has 1 amide bonds. The lowest BCUT2D eigenvalue weighted by Crippen LogP contribution is -2.31. The fourth-order valence-corrected chi connectivity index (χ4v) is 6.33. The summed E-state index contributed by atoms with van der Waals surface area (Å²) in [5.41, 5.74) is 4.66. The molecule has 0 spiro atoms. The van der Waals surface area contributed by atoms with Crippen LogP contribution in [0.1, 0.15) is 17.0 Å².